The number of hydrogen-bond acceptors (Lipinski definition) is 6. The van der Waals surface area contributed by atoms with Gasteiger partial charge in [0.2, 0.25) is 0 Å². The Hall–Kier alpha value is -2.70. The summed E-state index contributed by atoms with van der Waals surface area (Å²) in [4.78, 5) is 18.8. The number of fused-ring (bicyclic) bond motifs is 2. The Labute approximate surface area is 171 Å². The summed E-state index contributed by atoms with van der Waals surface area (Å²) in [5.74, 6) is 1.36. The van der Waals surface area contributed by atoms with E-state index in [1.54, 1.807) is 19.1 Å². The van der Waals surface area contributed by atoms with Gasteiger partial charge in [-0.3, -0.25) is 4.98 Å². The van der Waals surface area contributed by atoms with Crippen molar-refractivity contribution in [2.45, 2.75) is 51.7 Å². The maximum absolute atomic E-state index is 12.2. The lowest BCUT2D eigenvalue weighted by Gasteiger charge is -2.40. The van der Waals surface area contributed by atoms with Crippen LogP contribution in [0.1, 0.15) is 38.4 Å². The molecule has 0 spiro atoms. The van der Waals surface area contributed by atoms with Crippen LogP contribution in [0.5, 0.6) is 11.5 Å². The SMILES string of the molecule is COc1cc2nc3c(c(NC4CN(C(=O)OC(C)(C)C)C4)c2cc1OC)CCC3. The van der Waals surface area contributed by atoms with Crippen LogP contribution in [0.2, 0.25) is 0 Å². The second-order valence-electron chi connectivity index (χ2n) is 8.72. The van der Waals surface area contributed by atoms with E-state index in [0.717, 1.165) is 41.5 Å². The molecule has 0 radical (unpaired) electrons. The van der Waals surface area contributed by atoms with Crippen molar-refractivity contribution in [1.82, 2.24) is 9.88 Å². The molecule has 0 atom stereocenters. The number of pyridine rings is 1. The summed E-state index contributed by atoms with van der Waals surface area (Å²) in [6, 6.07) is 4.11. The van der Waals surface area contributed by atoms with Crippen molar-refractivity contribution in [1.29, 1.82) is 0 Å². The van der Waals surface area contributed by atoms with Crippen LogP contribution in [-0.4, -0.2) is 54.9 Å². The number of aryl methyl sites for hydroxylation is 1. The van der Waals surface area contributed by atoms with Crippen molar-refractivity contribution >= 4 is 22.7 Å². The Morgan fingerprint density at radius 3 is 2.48 bits per heavy atom. The summed E-state index contributed by atoms with van der Waals surface area (Å²) < 4.78 is 16.4. The molecule has 2 heterocycles. The molecule has 7 heteroatoms. The highest BCUT2D eigenvalue weighted by Crippen LogP contribution is 2.40. The van der Waals surface area contributed by atoms with Crippen LogP contribution in [0, 0.1) is 0 Å². The number of nitrogens with one attached hydrogen (secondary N) is 1. The highest BCUT2D eigenvalue weighted by molar-refractivity contribution is 5.96. The number of aromatic nitrogens is 1. The number of hydrogen-bond donors (Lipinski definition) is 1. The summed E-state index contributed by atoms with van der Waals surface area (Å²) in [5, 5.41) is 4.70. The monoisotopic (exact) mass is 399 g/mol. The van der Waals surface area contributed by atoms with Gasteiger partial charge in [0.1, 0.15) is 5.60 Å². The van der Waals surface area contributed by atoms with Crippen LogP contribution in [0.4, 0.5) is 10.5 Å². The standard InChI is InChI=1S/C22H29N3O4/c1-22(2,3)29-21(26)25-11-13(12-25)23-20-14-7-6-8-16(14)24-17-10-19(28-5)18(27-4)9-15(17)20/h9-10,13H,6-8,11-12H2,1-5H3,(H,23,24). The molecule has 2 aromatic rings. The fraction of sp³-hybridized carbons (Fsp3) is 0.545. The number of amides is 1. The molecule has 2 aliphatic rings. The molecule has 1 aliphatic carbocycles. The third-order valence-corrected chi connectivity index (χ3v) is 5.40. The Balaban J connectivity index is 1.60. The number of nitrogens with zero attached hydrogens (tertiary/aromatic N) is 2. The number of rotatable bonds is 4. The van der Waals surface area contributed by atoms with E-state index in [9.17, 15) is 4.79 Å². The average Bonchev–Trinajstić information content (AvgIpc) is 3.08. The topological polar surface area (TPSA) is 72.9 Å². The summed E-state index contributed by atoms with van der Waals surface area (Å²) in [7, 11) is 3.28. The number of methoxy groups -OCH3 is 2. The Morgan fingerprint density at radius 2 is 1.83 bits per heavy atom. The summed E-state index contributed by atoms with van der Waals surface area (Å²) in [6.07, 6.45) is 2.85. The zero-order chi connectivity index (χ0) is 20.8. The van der Waals surface area contributed by atoms with Gasteiger partial charge in [-0.15, -0.1) is 0 Å². The fourth-order valence-corrected chi connectivity index (χ4v) is 4.00. The highest BCUT2D eigenvalue weighted by atomic mass is 16.6. The van der Waals surface area contributed by atoms with Gasteiger partial charge in [-0.2, -0.15) is 0 Å². The zero-order valence-corrected chi connectivity index (χ0v) is 17.8. The Morgan fingerprint density at radius 1 is 1.14 bits per heavy atom. The van der Waals surface area contributed by atoms with Gasteiger partial charge in [0.05, 0.1) is 25.8 Å². The second-order valence-corrected chi connectivity index (χ2v) is 8.72. The molecule has 7 nitrogen and oxygen atoms in total. The van der Waals surface area contributed by atoms with Crippen LogP contribution in [0.3, 0.4) is 0 Å². The van der Waals surface area contributed by atoms with E-state index in [0.29, 0.717) is 24.6 Å². The molecular formula is C22H29N3O4. The van der Waals surface area contributed by atoms with E-state index in [4.69, 9.17) is 19.2 Å². The number of ether oxygens (including phenoxy) is 3. The van der Waals surface area contributed by atoms with Crippen molar-refractivity contribution in [2.24, 2.45) is 0 Å². The van der Waals surface area contributed by atoms with Crippen molar-refractivity contribution in [3.8, 4) is 11.5 Å². The van der Waals surface area contributed by atoms with E-state index in [-0.39, 0.29) is 12.1 Å². The molecule has 1 aliphatic heterocycles. The molecule has 1 aromatic carbocycles. The Kier molecular flexibility index (Phi) is 4.92. The quantitative estimate of drug-likeness (QED) is 0.844. The highest BCUT2D eigenvalue weighted by Gasteiger charge is 2.35. The number of benzene rings is 1. The minimum atomic E-state index is -0.479. The maximum Gasteiger partial charge on any atom is 0.410 e. The van der Waals surface area contributed by atoms with E-state index < -0.39 is 5.60 Å². The summed E-state index contributed by atoms with van der Waals surface area (Å²) in [6.45, 7) is 6.90. The molecule has 0 unspecified atom stereocenters. The predicted molar refractivity (Wildman–Crippen MR) is 112 cm³/mol. The van der Waals surface area contributed by atoms with Crippen molar-refractivity contribution < 1.29 is 19.0 Å². The van der Waals surface area contributed by atoms with Gasteiger partial charge in [-0.05, 0) is 51.7 Å². The summed E-state index contributed by atoms with van der Waals surface area (Å²) in [5.41, 5.74) is 3.95. The lowest BCUT2D eigenvalue weighted by molar-refractivity contribution is 0.0105. The van der Waals surface area contributed by atoms with Gasteiger partial charge < -0.3 is 24.4 Å². The van der Waals surface area contributed by atoms with Gasteiger partial charge in [0.25, 0.3) is 0 Å². The van der Waals surface area contributed by atoms with Crippen molar-refractivity contribution in [3.05, 3.63) is 23.4 Å². The maximum atomic E-state index is 12.2. The molecule has 0 saturated carbocycles. The Bertz CT molecular complexity index is 945. The second kappa shape index (κ2) is 7.28. The number of carbonyl (C=O) groups excluding carboxylic acids is 1. The van der Waals surface area contributed by atoms with Crippen molar-refractivity contribution in [3.63, 3.8) is 0 Å². The molecule has 1 aromatic heterocycles. The third kappa shape index (κ3) is 3.78. The fourth-order valence-electron chi connectivity index (χ4n) is 4.00. The summed E-state index contributed by atoms with van der Waals surface area (Å²) >= 11 is 0. The molecule has 1 N–H and O–H groups in total. The molecular weight excluding hydrogens is 370 g/mol. The smallest absolute Gasteiger partial charge is 0.410 e. The molecule has 1 saturated heterocycles. The van der Waals surface area contributed by atoms with E-state index >= 15 is 0 Å². The first-order chi connectivity index (χ1) is 13.8. The van der Waals surface area contributed by atoms with Crippen LogP contribution >= 0.6 is 0 Å². The molecule has 156 valence electrons. The first kappa shape index (κ1) is 19.6. The molecule has 0 bridgehead atoms. The van der Waals surface area contributed by atoms with Crippen LogP contribution in [-0.2, 0) is 17.6 Å². The predicted octanol–water partition coefficient (Wildman–Crippen LogP) is 3.77. The van der Waals surface area contributed by atoms with Gasteiger partial charge in [0.15, 0.2) is 11.5 Å². The lowest BCUT2D eigenvalue weighted by Crippen LogP contribution is -2.58. The van der Waals surface area contributed by atoms with Crippen molar-refractivity contribution in [2.75, 3.05) is 32.6 Å². The zero-order valence-electron chi connectivity index (χ0n) is 17.8. The van der Waals surface area contributed by atoms with Gasteiger partial charge in [-0.1, -0.05) is 0 Å². The first-order valence-electron chi connectivity index (χ1n) is 10.1. The average molecular weight is 399 g/mol. The van der Waals surface area contributed by atoms with Crippen LogP contribution in [0.15, 0.2) is 12.1 Å². The third-order valence-electron chi connectivity index (χ3n) is 5.40. The van der Waals surface area contributed by atoms with E-state index in [1.165, 1.54) is 5.56 Å². The molecule has 1 amide bonds. The molecule has 4 rings (SSSR count). The normalized spacial score (nSPS) is 16.4. The minimum Gasteiger partial charge on any atom is -0.493 e. The van der Waals surface area contributed by atoms with Gasteiger partial charge >= 0.3 is 6.09 Å². The number of carbonyl (C=O) groups is 1. The van der Waals surface area contributed by atoms with E-state index in [1.807, 2.05) is 32.9 Å². The minimum absolute atomic E-state index is 0.186. The first-order valence-corrected chi connectivity index (χ1v) is 10.1. The lowest BCUT2D eigenvalue weighted by atomic mass is 10.0. The van der Waals surface area contributed by atoms with Gasteiger partial charge in [-0.25, -0.2) is 4.79 Å². The van der Waals surface area contributed by atoms with Crippen LogP contribution < -0.4 is 14.8 Å². The number of anilines is 1. The molecule has 1 fully saturated rings. The van der Waals surface area contributed by atoms with E-state index in [2.05, 4.69) is 5.32 Å². The van der Waals surface area contributed by atoms with Crippen LogP contribution in [0.25, 0.3) is 10.9 Å². The van der Waals surface area contributed by atoms with Gasteiger partial charge in [0, 0.05) is 35.9 Å². The number of likely N-dealkylation sites (tertiary alicyclic amines) is 1. The largest absolute Gasteiger partial charge is 0.493 e. The molecule has 29 heavy (non-hydrogen) atoms.